The van der Waals surface area contributed by atoms with Gasteiger partial charge in [-0.2, -0.15) is 0 Å². The molecule has 0 aliphatic carbocycles. The van der Waals surface area contributed by atoms with Crippen molar-refractivity contribution in [3.05, 3.63) is 71.2 Å². The fourth-order valence-corrected chi connectivity index (χ4v) is 3.39. The zero-order valence-corrected chi connectivity index (χ0v) is 14.1. The molecule has 118 valence electrons. The van der Waals surface area contributed by atoms with E-state index < -0.39 is 0 Å². The van der Waals surface area contributed by atoms with Crippen LogP contribution in [0.5, 0.6) is 0 Å². The SMILES string of the molecule is Nc1nn(-c2ccccc2)cc1-c1nc(-c2ccc(Cl)cc2)cs1. The smallest absolute Gasteiger partial charge is 0.156 e. The molecule has 0 fully saturated rings. The maximum Gasteiger partial charge on any atom is 0.156 e. The van der Waals surface area contributed by atoms with E-state index in [1.165, 1.54) is 0 Å². The number of rotatable bonds is 3. The minimum atomic E-state index is 0.468. The van der Waals surface area contributed by atoms with E-state index in [1.54, 1.807) is 16.0 Å². The highest BCUT2D eigenvalue weighted by atomic mass is 35.5. The van der Waals surface area contributed by atoms with Crippen molar-refractivity contribution < 1.29 is 0 Å². The van der Waals surface area contributed by atoms with Gasteiger partial charge in [-0.3, -0.25) is 0 Å². The number of halogens is 1. The third-order valence-electron chi connectivity index (χ3n) is 3.64. The Kier molecular flexibility index (Phi) is 3.80. The van der Waals surface area contributed by atoms with Gasteiger partial charge in [0.25, 0.3) is 0 Å². The first-order valence-electron chi connectivity index (χ1n) is 7.33. The van der Waals surface area contributed by atoms with Crippen molar-refractivity contribution in [2.45, 2.75) is 0 Å². The molecule has 6 heteroatoms. The highest BCUT2D eigenvalue weighted by molar-refractivity contribution is 7.13. The monoisotopic (exact) mass is 352 g/mol. The van der Waals surface area contributed by atoms with Crippen molar-refractivity contribution >= 4 is 28.8 Å². The summed E-state index contributed by atoms with van der Waals surface area (Å²) in [6, 6.07) is 17.5. The Morgan fingerprint density at radius 2 is 1.75 bits per heavy atom. The van der Waals surface area contributed by atoms with Gasteiger partial charge in [-0.05, 0) is 24.3 Å². The Morgan fingerprint density at radius 1 is 1.00 bits per heavy atom. The lowest BCUT2D eigenvalue weighted by Crippen LogP contribution is -1.95. The molecule has 0 unspecified atom stereocenters. The summed E-state index contributed by atoms with van der Waals surface area (Å²) in [5, 5.41) is 7.96. The molecule has 2 N–H and O–H groups in total. The average molecular weight is 353 g/mol. The molecular formula is C18H13ClN4S. The molecule has 0 saturated heterocycles. The number of hydrogen-bond donors (Lipinski definition) is 1. The Morgan fingerprint density at radius 3 is 2.50 bits per heavy atom. The zero-order valence-electron chi connectivity index (χ0n) is 12.6. The average Bonchev–Trinajstić information content (AvgIpc) is 3.23. The molecule has 0 saturated carbocycles. The van der Waals surface area contributed by atoms with Crippen LogP contribution in [0.4, 0.5) is 5.82 Å². The Labute approximate surface area is 148 Å². The van der Waals surface area contributed by atoms with Crippen LogP contribution in [0.2, 0.25) is 5.02 Å². The summed E-state index contributed by atoms with van der Waals surface area (Å²) >= 11 is 7.48. The standard InChI is InChI=1S/C18H13ClN4S/c19-13-8-6-12(7-9-13)16-11-24-18(21-16)15-10-23(22-17(15)20)14-4-2-1-3-5-14/h1-11H,(H2,20,22). The second-order valence-corrected chi connectivity index (χ2v) is 6.55. The van der Waals surface area contributed by atoms with Crippen LogP contribution in [0.15, 0.2) is 66.2 Å². The molecule has 0 radical (unpaired) electrons. The highest BCUT2D eigenvalue weighted by Crippen LogP contribution is 2.32. The van der Waals surface area contributed by atoms with Gasteiger partial charge >= 0.3 is 0 Å². The minimum absolute atomic E-state index is 0.468. The number of anilines is 1. The molecule has 0 aliphatic rings. The maximum absolute atomic E-state index is 6.10. The van der Waals surface area contributed by atoms with E-state index >= 15 is 0 Å². The Balaban J connectivity index is 1.70. The summed E-state index contributed by atoms with van der Waals surface area (Å²) in [7, 11) is 0. The molecule has 2 aromatic carbocycles. The summed E-state index contributed by atoms with van der Waals surface area (Å²) < 4.78 is 1.77. The number of benzene rings is 2. The van der Waals surface area contributed by atoms with Gasteiger partial charge in [0.05, 0.1) is 16.9 Å². The summed E-state index contributed by atoms with van der Waals surface area (Å²) in [5.41, 5.74) is 9.82. The van der Waals surface area contributed by atoms with E-state index in [2.05, 4.69) is 5.10 Å². The number of thiazole rings is 1. The first kappa shape index (κ1) is 14.9. The number of nitrogens with two attached hydrogens (primary N) is 1. The number of aromatic nitrogens is 3. The van der Waals surface area contributed by atoms with Crippen LogP contribution in [0.1, 0.15) is 0 Å². The van der Waals surface area contributed by atoms with E-state index in [0.29, 0.717) is 10.8 Å². The van der Waals surface area contributed by atoms with Crippen molar-refractivity contribution in [1.82, 2.24) is 14.8 Å². The third-order valence-corrected chi connectivity index (χ3v) is 4.77. The van der Waals surface area contributed by atoms with Gasteiger partial charge in [0, 0.05) is 22.2 Å². The maximum atomic E-state index is 6.10. The zero-order chi connectivity index (χ0) is 16.5. The lowest BCUT2D eigenvalue weighted by atomic mass is 10.2. The highest BCUT2D eigenvalue weighted by Gasteiger charge is 2.14. The molecule has 2 heterocycles. The van der Waals surface area contributed by atoms with Crippen molar-refractivity contribution in [2.24, 2.45) is 0 Å². The molecule has 0 bridgehead atoms. The summed E-state index contributed by atoms with van der Waals surface area (Å²) in [5.74, 6) is 0.468. The van der Waals surface area contributed by atoms with Gasteiger partial charge in [-0.25, -0.2) is 9.67 Å². The summed E-state index contributed by atoms with van der Waals surface area (Å²) in [6.07, 6.45) is 1.91. The molecule has 4 nitrogen and oxygen atoms in total. The normalized spacial score (nSPS) is 10.9. The van der Waals surface area contributed by atoms with E-state index in [-0.39, 0.29) is 0 Å². The van der Waals surface area contributed by atoms with Gasteiger partial charge in [0.15, 0.2) is 5.82 Å². The van der Waals surface area contributed by atoms with E-state index in [9.17, 15) is 0 Å². The van der Waals surface area contributed by atoms with E-state index in [4.69, 9.17) is 22.3 Å². The van der Waals surface area contributed by atoms with Crippen LogP contribution in [0.3, 0.4) is 0 Å². The lowest BCUT2D eigenvalue weighted by Gasteiger charge is -1.98. The Hall–Kier alpha value is -2.63. The van der Waals surface area contributed by atoms with E-state index in [0.717, 1.165) is 27.5 Å². The molecule has 24 heavy (non-hydrogen) atoms. The topological polar surface area (TPSA) is 56.7 Å². The van der Waals surface area contributed by atoms with Crippen LogP contribution in [-0.2, 0) is 0 Å². The largest absolute Gasteiger partial charge is 0.382 e. The number of para-hydroxylation sites is 1. The number of nitrogen functional groups attached to an aromatic ring is 1. The van der Waals surface area contributed by atoms with E-state index in [1.807, 2.05) is 66.2 Å². The number of nitrogens with zero attached hydrogens (tertiary/aromatic N) is 3. The predicted octanol–water partition coefficient (Wildman–Crippen LogP) is 4.90. The molecule has 2 aromatic heterocycles. The van der Waals surface area contributed by atoms with Gasteiger partial charge in [-0.15, -0.1) is 16.4 Å². The fraction of sp³-hybridized carbons (Fsp3) is 0. The Bertz CT molecular complexity index is 974. The van der Waals surface area contributed by atoms with Gasteiger partial charge in [0.1, 0.15) is 5.01 Å². The quantitative estimate of drug-likeness (QED) is 0.570. The van der Waals surface area contributed by atoms with Gasteiger partial charge in [0.2, 0.25) is 0 Å². The van der Waals surface area contributed by atoms with Crippen LogP contribution in [0, 0.1) is 0 Å². The van der Waals surface area contributed by atoms with Gasteiger partial charge in [-0.1, -0.05) is 41.9 Å². The van der Waals surface area contributed by atoms with Crippen LogP contribution < -0.4 is 5.73 Å². The van der Waals surface area contributed by atoms with Crippen LogP contribution in [0.25, 0.3) is 27.5 Å². The predicted molar refractivity (Wildman–Crippen MR) is 99.5 cm³/mol. The van der Waals surface area contributed by atoms with Gasteiger partial charge < -0.3 is 5.73 Å². The van der Waals surface area contributed by atoms with Crippen molar-refractivity contribution in [3.8, 4) is 27.5 Å². The summed E-state index contributed by atoms with van der Waals surface area (Å²) in [4.78, 5) is 4.69. The molecular weight excluding hydrogens is 340 g/mol. The second kappa shape index (κ2) is 6.11. The second-order valence-electron chi connectivity index (χ2n) is 5.25. The van der Waals surface area contributed by atoms with Crippen LogP contribution in [-0.4, -0.2) is 14.8 Å². The molecule has 0 amide bonds. The van der Waals surface area contributed by atoms with Crippen molar-refractivity contribution in [1.29, 1.82) is 0 Å². The molecule has 0 atom stereocenters. The summed E-state index contributed by atoms with van der Waals surface area (Å²) in [6.45, 7) is 0. The molecule has 4 aromatic rings. The lowest BCUT2D eigenvalue weighted by molar-refractivity contribution is 0.886. The van der Waals surface area contributed by atoms with Crippen molar-refractivity contribution in [3.63, 3.8) is 0 Å². The third kappa shape index (κ3) is 2.79. The molecule has 0 aliphatic heterocycles. The fourth-order valence-electron chi connectivity index (χ4n) is 2.42. The first-order valence-corrected chi connectivity index (χ1v) is 8.59. The molecule has 0 spiro atoms. The van der Waals surface area contributed by atoms with Crippen molar-refractivity contribution in [2.75, 3.05) is 5.73 Å². The van der Waals surface area contributed by atoms with Crippen LogP contribution >= 0.6 is 22.9 Å². The minimum Gasteiger partial charge on any atom is -0.382 e. The first-order chi connectivity index (χ1) is 11.7. The number of hydrogen-bond acceptors (Lipinski definition) is 4. The molecule has 4 rings (SSSR count).